The van der Waals surface area contributed by atoms with Crippen molar-refractivity contribution in [2.75, 3.05) is 0 Å². The van der Waals surface area contributed by atoms with Crippen molar-refractivity contribution in [1.82, 2.24) is 19.9 Å². The monoisotopic (exact) mass is 1020 g/mol. The molecule has 0 aliphatic heterocycles. The molecule has 0 saturated carbocycles. The van der Waals surface area contributed by atoms with Crippen LogP contribution in [0.2, 0.25) is 0 Å². The van der Waals surface area contributed by atoms with Crippen LogP contribution in [-0.2, 0) is 0 Å². The Kier molecular flexibility index (Phi) is 14.4. The maximum Gasteiger partial charge on any atom is 0.0812 e. The highest BCUT2D eigenvalue weighted by atomic mass is 14.8. The molecule has 0 amide bonds. The van der Waals surface area contributed by atoms with Crippen LogP contribution in [0.3, 0.4) is 0 Å². The van der Waals surface area contributed by atoms with Crippen LogP contribution < -0.4 is 0 Å². The Labute approximate surface area is 463 Å². The Morgan fingerprint density at radius 2 is 0.487 bits per heavy atom. The molecule has 0 radical (unpaired) electrons. The first-order valence-corrected chi connectivity index (χ1v) is 25.7. The molecule has 80 heavy (non-hydrogen) atoms. The lowest BCUT2D eigenvalue weighted by Crippen LogP contribution is -1.94. The van der Waals surface area contributed by atoms with Crippen LogP contribution in [0.1, 0.15) is 67.3 Å². The summed E-state index contributed by atoms with van der Waals surface area (Å²) in [5, 5.41) is 6.05. The molecule has 370 valence electrons. The number of benzene rings is 8. The SMILES string of the molecule is C(#Cc1cc(C#Cc2ccc(N=Cc3ccccn3)cc2)c2ccc3c(C#Cc4ccc(N=Cc5ccccn5)cc4)cc(C#Cc4ccc(N=Cc5ccccn5)cc4)c4ccc1c2c43)c1ccc(N=Cc2ccccn2)cc1. The second-order valence-electron chi connectivity index (χ2n) is 18.3. The van der Waals surface area contributed by atoms with E-state index in [0.717, 1.165) is 122 Å². The van der Waals surface area contributed by atoms with E-state index < -0.39 is 0 Å². The summed E-state index contributed by atoms with van der Waals surface area (Å²) < 4.78 is 0. The lowest BCUT2D eigenvalue weighted by molar-refractivity contribution is 1.30. The van der Waals surface area contributed by atoms with Gasteiger partial charge in [-0.2, -0.15) is 0 Å². The van der Waals surface area contributed by atoms with Crippen molar-refractivity contribution in [2.45, 2.75) is 0 Å². The minimum atomic E-state index is 0.785. The normalized spacial score (nSPS) is 11.2. The Hall–Kier alpha value is -11.7. The van der Waals surface area contributed by atoms with Gasteiger partial charge in [-0.25, -0.2) is 0 Å². The zero-order valence-electron chi connectivity index (χ0n) is 42.8. The highest BCUT2D eigenvalue weighted by Crippen LogP contribution is 2.40. The van der Waals surface area contributed by atoms with Crippen LogP contribution >= 0.6 is 0 Å². The van der Waals surface area contributed by atoms with E-state index in [2.05, 4.69) is 124 Å². The molecule has 0 bridgehead atoms. The standard InChI is InChI=1S/C72H42N8/c1-5-41-73-63(9-1)47-77-59-29-17-51(18-30-59)13-25-55-45-56(26-14-52-19-31-60(32-20-52)78-48-64-10-2-6-42-74-64)68-39-40-70-58(28-16-54-23-35-62(36-24-54)80-50-66-12-4-8-44-76-66)46-57(69-38-37-67(55)71(68)72(69)70)27-15-53-21-33-61(34-22-53)79-49-65-11-3-7-43-75-65/h1-12,17-24,29-50H. The summed E-state index contributed by atoms with van der Waals surface area (Å²) in [6.07, 6.45) is 14.0. The molecule has 8 heteroatoms. The fourth-order valence-corrected chi connectivity index (χ4v) is 8.86. The quantitative estimate of drug-likeness (QED) is 0.0859. The molecule has 8 nitrogen and oxygen atoms in total. The fourth-order valence-electron chi connectivity index (χ4n) is 8.86. The predicted molar refractivity (Wildman–Crippen MR) is 326 cm³/mol. The van der Waals surface area contributed by atoms with Crippen molar-refractivity contribution >= 4 is 79.9 Å². The number of hydrogen-bond acceptors (Lipinski definition) is 8. The lowest BCUT2D eigenvalue weighted by Gasteiger charge is -2.16. The van der Waals surface area contributed by atoms with Gasteiger partial charge < -0.3 is 0 Å². The van der Waals surface area contributed by atoms with E-state index in [4.69, 9.17) is 0 Å². The third-order valence-electron chi connectivity index (χ3n) is 12.9. The summed E-state index contributed by atoms with van der Waals surface area (Å²) in [5.41, 5.74) is 13.1. The number of hydrogen-bond donors (Lipinski definition) is 0. The number of pyridine rings is 4. The fraction of sp³-hybridized carbons (Fsp3) is 0. The van der Waals surface area contributed by atoms with Gasteiger partial charge >= 0.3 is 0 Å². The molecule has 0 atom stereocenters. The molecule has 4 aromatic heterocycles. The van der Waals surface area contributed by atoms with Gasteiger partial charge in [0.2, 0.25) is 0 Å². The average Bonchev–Trinajstić information content (AvgIpc) is 3.57. The molecule has 0 spiro atoms. The first-order valence-electron chi connectivity index (χ1n) is 25.7. The molecular weight excluding hydrogens is 977 g/mol. The summed E-state index contributed by atoms with van der Waals surface area (Å²) >= 11 is 0. The van der Waals surface area contributed by atoms with Crippen molar-refractivity contribution in [3.63, 3.8) is 0 Å². The van der Waals surface area contributed by atoms with E-state index in [1.165, 1.54) is 0 Å². The van der Waals surface area contributed by atoms with Crippen LogP contribution in [0.4, 0.5) is 22.7 Å². The maximum absolute atomic E-state index is 4.63. The first kappa shape index (κ1) is 49.2. The Balaban J connectivity index is 0.970. The van der Waals surface area contributed by atoms with Gasteiger partial charge in [0, 0.05) is 69.3 Å². The van der Waals surface area contributed by atoms with Crippen molar-refractivity contribution in [3.8, 4) is 47.4 Å². The van der Waals surface area contributed by atoms with E-state index in [1.807, 2.05) is 170 Å². The minimum absolute atomic E-state index is 0.785. The first-order chi connectivity index (χ1) is 39.6. The lowest BCUT2D eigenvalue weighted by atomic mass is 9.86. The van der Waals surface area contributed by atoms with Gasteiger partial charge in [0.05, 0.1) is 70.4 Å². The maximum atomic E-state index is 4.63. The summed E-state index contributed by atoms with van der Waals surface area (Å²) in [4.78, 5) is 35.9. The molecule has 12 rings (SSSR count). The van der Waals surface area contributed by atoms with Gasteiger partial charge in [0.1, 0.15) is 0 Å². The molecule has 8 aromatic carbocycles. The molecule has 0 aliphatic carbocycles. The van der Waals surface area contributed by atoms with Gasteiger partial charge in [-0.05, 0) is 190 Å². The largest absolute Gasteiger partial charge is 0.255 e. The highest BCUT2D eigenvalue weighted by Gasteiger charge is 2.17. The molecule has 0 fully saturated rings. The van der Waals surface area contributed by atoms with Gasteiger partial charge in [-0.3, -0.25) is 39.9 Å². The second kappa shape index (κ2) is 23.5. The zero-order chi connectivity index (χ0) is 53.7. The summed E-state index contributed by atoms with van der Waals surface area (Å²) in [5.74, 6) is 28.1. The van der Waals surface area contributed by atoms with Gasteiger partial charge in [-0.15, -0.1) is 0 Å². The summed E-state index contributed by atoms with van der Waals surface area (Å²) in [7, 11) is 0. The number of rotatable bonds is 8. The van der Waals surface area contributed by atoms with Gasteiger partial charge in [0.25, 0.3) is 0 Å². The molecule has 0 N–H and O–H groups in total. The van der Waals surface area contributed by atoms with Crippen molar-refractivity contribution < 1.29 is 0 Å². The third kappa shape index (κ3) is 11.9. The smallest absolute Gasteiger partial charge is 0.0812 e. The molecule has 0 aliphatic rings. The Bertz CT molecular complexity index is 4000. The average molecular weight is 1020 g/mol. The molecular formula is C72H42N8. The number of nitrogens with zero attached hydrogens (tertiary/aromatic N) is 8. The number of aromatic nitrogens is 4. The van der Waals surface area contributed by atoms with Crippen molar-refractivity contribution in [2.24, 2.45) is 20.0 Å². The Morgan fingerprint density at radius 1 is 0.250 bits per heavy atom. The van der Waals surface area contributed by atoms with Crippen LogP contribution in [0.25, 0.3) is 32.3 Å². The van der Waals surface area contributed by atoms with Gasteiger partial charge in [-0.1, -0.05) is 95.9 Å². The summed E-state index contributed by atoms with van der Waals surface area (Å²) in [6, 6.07) is 67.4. The molecule has 4 heterocycles. The zero-order valence-corrected chi connectivity index (χ0v) is 42.8. The van der Waals surface area contributed by atoms with E-state index in [0.29, 0.717) is 0 Å². The van der Waals surface area contributed by atoms with Crippen molar-refractivity contribution in [3.05, 3.63) is 298 Å². The molecule has 0 unspecified atom stereocenters. The van der Waals surface area contributed by atoms with E-state index in [1.54, 1.807) is 49.6 Å². The number of aliphatic imine (C=N–C) groups is 4. The van der Waals surface area contributed by atoms with E-state index in [9.17, 15) is 0 Å². The van der Waals surface area contributed by atoms with E-state index in [-0.39, 0.29) is 0 Å². The Morgan fingerprint density at radius 3 is 0.700 bits per heavy atom. The van der Waals surface area contributed by atoms with Crippen LogP contribution in [-0.4, -0.2) is 44.8 Å². The van der Waals surface area contributed by atoms with Gasteiger partial charge in [0.15, 0.2) is 0 Å². The topological polar surface area (TPSA) is 101 Å². The predicted octanol–water partition coefficient (Wildman–Crippen LogP) is 14.8. The van der Waals surface area contributed by atoms with Crippen LogP contribution in [0.15, 0.2) is 251 Å². The van der Waals surface area contributed by atoms with Crippen LogP contribution in [0, 0.1) is 47.4 Å². The van der Waals surface area contributed by atoms with Crippen LogP contribution in [0.5, 0.6) is 0 Å². The third-order valence-corrected chi connectivity index (χ3v) is 12.9. The van der Waals surface area contributed by atoms with E-state index >= 15 is 0 Å². The second-order valence-corrected chi connectivity index (χ2v) is 18.3. The molecule has 0 saturated heterocycles. The molecule has 12 aromatic rings. The minimum Gasteiger partial charge on any atom is -0.255 e. The van der Waals surface area contributed by atoms with Crippen molar-refractivity contribution in [1.29, 1.82) is 0 Å². The highest BCUT2D eigenvalue weighted by molar-refractivity contribution is 6.27. The summed E-state index contributed by atoms with van der Waals surface area (Å²) in [6.45, 7) is 0.